The maximum absolute atomic E-state index is 12.6. The van der Waals surface area contributed by atoms with Crippen LogP contribution in [0.4, 0.5) is 13.2 Å². The Morgan fingerprint density at radius 2 is 1.80 bits per heavy atom. The van der Waals surface area contributed by atoms with Gasteiger partial charge in [0.1, 0.15) is 17.0 Å². The van der Waals surface area contributed by atoms with Crippen LogP contribution in [-0.2, 0) is 6.18 Å². The maximum Gasteiger partial charge on any atom is 0.417 e. The molecule has 0 spiro atoms. The lowest BCUT2D eigenvalue weighted by Gasteiger charge is -2.05. The Morgan fingerprint density at radius 3 is 2.45 bits per heavy atom. The summed E-state index contributed by atoms with van der Waals surface area (Å²) >= 11 is 0. The first kappa shape index (κ1) is 12.6. The molecule has 4 nitrogen and oxygen atoms in total. The van der Waals surface area contributed by atoms with E-state index >= 15 is 0 Å². The number of imidazole rings is 1. The van der Waals surface area contributed by atoms with Crippen molar-refractivity contribution in [2.75, 3.05) is 0 Å². The predicted molar refractivity (Wildman–Crippen MR) is 66.0 cm³/mol. The summed E-state index contributed by atoms with van der Waals surface area (Å²) in [6.07, 6.45) is 1.27. The topological polar surface area (TPSA) is 43.1 Å². The molecule has 0 aliphatic heterocycles. The van der Waals surface area contributed by atoms with Crippen LogP contribution in [0.2, 0.25) is 0 Å². The third kappa shape index (κ3) is 2.22. The molecule has 0 aromatic carbocycles. The van der Waals surface area contributed by atoms with Gasteiger partial charge in [0.05, 0.1) is 17.5 Å². The van der Waals surface area contributed by atoms with Gasteiger partial charge in [-0.3, -0.25) is 9.97 Å². The largest absolute Gasteiger partial charge is 0.417 e. The van der Waals surface area contributed by atoms with Gasteiger partial charge in [0.25, 0.3) is 0 Å². The maximum atomic E-state index is 12.6. The fourth-order valence-corrected chi connectivity index (χ4v) is 1.81. The molecule has 7 heteroatoms. The Labute approximate surface area is 111 Å². The van der Waals surface area contributed by atoms with E-state index in [0.29, 0.717) is 17.0 Å². The molecule has 0 aliphatic rings. The van der Waals surface area contributed by atoms with Crippen molar-refractivity contribution in [3.8, 4) is 11.4 Å². The monoisotopic (exact) mass is 278 g/mol. The average molecular weight is 278 g/mol. The number of halogens is 3. The molecule has 0 amide bonds. The summed E-state index contributed by atoms with van der Waals surface area (Å²) in [4.78, 5) is 12.5. The van der Waals surface area contributed by atoms with E-state index < -0.39 is 11.7 Å². The Hall–Kier alpha value is -2.44. The van der Waals surface area contributed by atoms with Crippen molar-refractivity contribution in [2.24, 2.45) is 0 Å². The van der Waals surface area contributed by atoms with Gasteiger partial charge in [0, 0.05) is 18.6 Å². The van der Waals surface area contributed by atoms with Gasteiger partial charge >= 0.3 is 6.18 Å². The summed E-state index contributed by atoms with van der Waals surface area (Å²) in [6, 6.07) is 2.33. The summed E-state index contributed by atoms with van der Waals surface area (Å²) in [5, 5.41) is 0. The van der Waals surface area contributed by atoms with Crippen molar-refractivity contribution in [3.63, 3.8) is 0 Å². The summed E-state index contributed by atoms with van der Waals surface area (Å²) in [7, 11) is 0. The van der Waals surface area contributed by atoms with Gasteiger partial charge in [-0.05, 0) is 19.1 Å². The highest BCUT2D eigenvalue weighted by atomic mass is 19.4. The van der Waals surface area contributed by atoms with E-state index in [1.165, 1.54) is 16.7 Å². The third-order valence-electron chi connectivity index (χ3n) is 2.82. The van der Waals surface area contributed by atoms with Crippen LogP contribution in [0.5, 0.6) is 0 Å². The molecule has 0 saturated carbocycles. The highest BCUT2D eigenvalue weighted by Crippen LogP contribution is 2.29. The molecule has 20 heavy (non-hydrogen) atoms. The van der Waals surface area contributed by atoms with Gasteiger partial charge in [-0.15, -0.1) is 0 Å². The lowest BCUT2D eigenvalue weighted by Crippen LogP contribution is -2.05. The number of hydrogen-bond donors (Lipinski definition) is 0. The lowest BCUT2D eigenvalue weighted by molar-refractivity contribution is -0.137. The number of aryl methyl sites for hydroxylation is 1. The second-order valence-corrected chi connectivity index (χ2v) is 4.35. The number of rotatable bonds is 1. The SMILES string of the molecule is Cc1cnc(-c2cn3cc(C(F)(F)F)ccc3n2)cn1. The minimum absolute atomic E-state index is 0.426. The minimum Gasteiger partial charge on any atom is -0.306 e. The first-order valence-corrected chi connectivity index (χ1v) is 5.78. The molecule has 0 atom stereocenters. The molecule has 0 radical (unpaired) electrons. The zero-order valence-corrected chi connectivity index (χ0v) is 10.4. The number of hydrogen-bond acceptors (Lipinski definition) is 3. The van der Waals surface area contributed by atoms with Gasteiger partial charge in [-0.1, -0.05) is 0 Å². The molecule has 0 fully saturated rings. The molecule has 3 aromatic rings. The molecule has 0 bridgehead atoms. The first-order valence-electron chi connectivity index (χ1n) is 5.78. The van der Waals surface area contributed by atoms with Crippen molar-refractivity contribution in [2.45, 2.75) is 13.1 Å². The fourth-order valence-electron chi connectivity index (χ4n) is 1.81. The van der Waals surface area contributed by atoms with E-state index in [4.69, 9.17) is 0 Å². The zero-order valence-electron chi connectivity index (χ0n) is 10.4. The number of pyridine rings is 1. The second-order valence-electron chi connectivity index (χ2n) is 4.35. The van der Waals surface area contributed by atoms with Crippen molar-refractivity contribution < 1.29 is 13.2 Å². The van der Waals surface area contributed by atoms with E-state index in [1.54, 1.807) is 19.3 Å². The Bertz CT molecular complexity index is 759. The standard InChI is InChI=1S/C13H9F3N4/c1-8-4-18-10(5-17-8)11-7-20-6-9(13(14,15)16)2-3-12(20)19-11/h2-7H,1H3. The Balaban J connectivity index is 2.09. The van der Waals surface area contributed by atoms with Gasteiger partial charge < -0.3 is 4.40 Å². The van der Waals surface area contributed by atoms with Crippen LogP contribution < -0.4 is 0 Å². The smallest absolute Gasteiger partial charge is 0.306 e. The van der Waals surface area contributed by atoms with Crippen molar-refractivity contribution in [3.05, 3.63) is 48.2 Å². The molecular weight excluding hydrogens is 269 g/mol. The van der Waals surface area contributed by atoms with Crippen LogP contribution in [0.15, 0.2) is 36.9 Å². The average Bonchev–Trinajstić information content (AvgIpc) is 2.81. The highest BCUT2D eigenvalue weighted by molar-refractivity contribution is 5.58. The molecular formula is C13H9F3N4. The summed E-state index contributed by atoms with van der Waals surface area (Å²) in [6.45, 7) is 1.80. The normalized spacial score (nSPS) is 12.0. The van der Waals surface area contributed by atoms with E-state index in [0.717, 1.165) is 18.0 Å². The molecule has 3 rings (SSSR count). The zero-order chi connectivity index (χ0) is 14.3. The number of aromatic nitrogens is 4. The fraction of sp³-hybridized carbons (Fsp3) is 0.154. The number of nitrogens with zero attached hydrogens (tertiary/aromatic N) is 4. The molecule has 0 saturated heterocycles. The van der Waals surface area contributed by atoms with Crippen molar-refractivity contribution in [1.82, 2.24) is 19.4 Å². The molecule has 102 valence electrons. The van der Waals surface area contributed by atoms with Crippen molar-refractivity contribution >= 4 is 5.65 Å². The van der Waals surface area contributed by atoms with Crippen LogP contribution in [-0.4, -0.2) is 19.4 Å². The molecule has 0 unspecified atom stereocenters. The lowest BCUT2D eigenvalue weighted by atomic mass is 10.3. The second kappa shape index (κ2) is 4.29. The van der Waals surface area contributed by atoms with Crippen LogP contribution in [0.1, 0.15) is 11.3 Å². The summed E-state index contributed by atoms with van der Waals surface area (Å²) in [5.41, 5.74) is 1.47. The van der Waals surface area contributed by atoms with Crippen LogP contribution >= 0.6 is 0 Å². The van der Waals surface area contributed by atoms with E-state index in [9.17, 15) is 13.2 Å². The quantitative estimate of drug-likeness (QED) is 0.687. The minimum atomic E-state index is -4.37. The number of fused-ring (bicyclic) bond motifs is 1. The van der Waals surface area contributed by atoms with Gasteiger partial charge in [-0.2, -0.15) is 13.2 Å². The molecule has 0 aliphatic carbocycles. The van der Waals surface area contributed by atoms with E-state index in [2.05, 4.69) is 15.0 Å². The van der Waals surface area contributed by atoms with Crippen molar-refractivity contribution in [1.29, 1.82) is 0 Å². The first-order chi connectivity index (χ1) is 9.43. The number of alkyl halides is 3. The molecule has 3 heterocycles. The summed E-state index contributed by atoms with van der Waals surface area (Å²) < 4.78 is 39.2. The van der Waals surface area contributed by atoms with Crippen LogP contribution in [0.3, 0.4) is 0 Å². The highest BCUT2D eigenvalue weighted by Gasteiger charge is 2.30. The summed E-state index contributed by atoms with van der Waals surface area (Å²) in [5.74, 6) is 0. The van der Waals surface area contributed by atoms with Gasteiger partial charge in [0.15, 0.2) is 0 Å². The molecule has 0 N–H and O–H groups in total. The van der Waals surface area contributed by atoms with Gasteiger partial charge in [-0.25, -0.2) is 4.98 Å². The molecule has 3 aromatic heterocycles. The van der Waals surface area contributed by atoms with Crippen LogP contribution in [0, 0.1) is 6.92 Å². The Morgan fingerprint density at radius 1 is 1.00 bits per heavy atom. The van der Waals surface area contributed by atoms with E-state index in [-0.39, 0.29) is 0 Å². The van der Waals surface area contributed by atoms with Crippen LogP contribution in [0.25, 0.3) is 17.0 Å². The Kier molecular flexibility index (Phi) is 2.70. The third-order valence-corrected chi connectivity index (χ3v) is 2.82. The van der Waals surface area contributed by atoms with Gasteiger partial charge in [0.2, 0.25) is 0 Å². The predicted octanol–water partition coefficient (Wildman–Crippen LogP) is 3.12. The van der Waals surface area contributed by atoms with E-state index in [1.807, 2.05) is 0 Å².